The Hall–Kier alpha value is -1.36. The van der Waals surface area contributed by atoms with E-state index < -0.39 is 0 Å². The maximum absolute atomic E-state index is 11.3. The Morgan fingerprint density at radius 1 is 1.71 bits per heavy atom. The van der Waals surface area contributed by atoms with Crippen LogP contribution in [0, 0.1) is 5.92 Å². The van der Waals surface area contributed by atoms with Crippen molar-refractivity contribution in [2.75, 3.05) is 6.54 Å². The Morgan fingerprint density at radius 2 is 2.43 bits per heavy atom. The van der Waals surface area contributed by atoms with Gasteiger partial charge in [-0.3, -0.25) is 4.79 Å². The molecule has 5 nitrogen and oxygen atoms in total. The Morgan fingerprint density at radius 3 is 2.93 bits per heavy atom. The molecule has 0 aromatic carbocycles. The average molecular weight is 197 g/mol. The highest BCUT2D eigenvalue weighted by molar-refractivity contribution is 5.91. The lowest BCUT2D eigenvalue weighted by Crippen LogP contribution is -2.40. The number of nitrogens with zero attached hydrogens (tertiary/aromatic N) is 1. The summed E-state index contributed by atoms with van der Waals surface area (Å²) < 4.78 is 4.55. The third-order valence-electron chi connectivity index (χ3n) is 2.03. The summed E-state index contributed by atoms with van der Waals surface area (Å²) in [6.45, 7) is 4.46. The lowest BCUT2D eigenvalue weighted by atomic mass is 10.1. The maximum atomic E-state index is 11.3. The first-order valence-electron chi connectivity index (χ1n) is 4.55. The fraction of sp³-hybridized carbons (Fsp3) is 0.556. The summed E-state index contributed by atoms with van der Waals surface area (Å²) in [5.41, 5.74) is 6.04. The molecule has 1 unspecified atom stereocenters. The lowest BCUT2D eigenvalue weighted by Gasteiger charge is -2.15. The zero-order valence-corrected chi connectivity index (χ0v) is 8.36. The third-order valence-corrected chi connectivity index (χ3v) is 2.03. The molecule has 1 amide bonds. The molecule has 0 radical (unpaired) electrons. The number of hydrogen-bond donors (Lipinski definition) is 2. The molecule has 0 aliphatic heterocycles. The van der Waals surface area contributed by atoms with Gasteiger partial charge in [0.05, 0.1) is 0 Å². The SMILES string of the molecule is CC(C)C(N)CNC(=O)c1ccon1. The van der Waals surface area contributed by atoms with Crippen molar-refractivity contribution in [1.82, 2.24) is 10.5 Å². The predicted molar refractivity (Wildman–Crippen MR) is 51.6 cm³/mol. The summed E-state index contributed by atoms with van der Waals surface area (Å²) in [5, 5.41) is 6.19. The molecule has 1 aromatic heterocycles. The van der Waals surface area contributed by atoms with E-state index in [0.717, 1.165) is 0 Å². The van der Waals surface area contributed by atoms with Crippen LogP contribution in [0.4, 0.5) is 0 Å². The smallest absolute Gasteiger partial charge is 0.273 e. The molecule has 0 fully saturated rings. The first-order valence-corrected chi connectivity index (χ1v) is 4.55. The number of hydrogen-bond acceptors (Lipinski definition) is 4. The van der Waals surface area contributed by atoms with Crippen molar-refractivity contribution in [3.05, 3.63) is 18.0 Å². The average Bonchev–Trinajstić information content (AvgIpc) is 2.66. The van der Waals surface area contributed by atoms with Gasteiger partial charge in [0.25, 0.3) is 5.91 Å². The van der Waals surface area contributed by atoms with E-state index in [1.54, 1.807) is 0 Å². The minimum Gasteiger partial charge on any atom is -0.364 e. The van der Waals surface area contributed by atoms with Crippen molar-refractivity contribution in [3.8, 4) is 0 Å². The second kappa shape index (κ2) is 4.76. The fourth-order valence-electron chi connectivity index (χ4n) is 0.866. The molecule has 0 spiro atoms. The summed E-state index contributed by atoms with van der Waals surface area (Å²) in [6, 6.07) is 1.47. The molecular formula is C9H15N3O2. The van der Waals surface area contributed by atoms with Crippen LogP contribution in [0.2, 0.25) is 0 Å². The number of carbonyl (C=O) groups is 1. The highest BCUT2D eigenvalue weighted by Gasteiger charge is 2.12. The quantitative estimate of drug-likeness (QED) is 0.731. The van der Waals surface area contributed by atoms with Crippen LogP contribution in [-0.4, -0.2) is 23.7 Å². The van der Waals surface area contributed by atoms with Gasteiger partial charge in [-0.05, 0) is 5.92 Å². The molecule has 5 heteroatoms. The lowest BCUT2D eigenvalue weighted by molar-refractivity contribution is 0.0940. The number of nitrogens with one attached hydrogen (secondary N) is 1. The Bertz CT molecular complexity index is 282. The van der Waals surface area contributed by atoms with Gasteiger partial charge in [0, 0.05) is 18.7 Å². The van der Waals surface area contributed by atoms with Crippen LogP contribution in [-0.2, 0) is 0 Å². The summed E-state index contributed by atoms with van der Waals surface area (Å²) in [6.07, 6.45) is 1.36. The first-order chi connectivity index (χ1) is 6.61. The summed E-state index contributed by atoms with van der Waals surface area (Å²) >= 11 is 0. The molecule has 1 atom stereocenters. The topological polar surface area (TPSA) is 81.1 Å². The van der Waals surface area contributed by atoms with Gasteiger partial charge < -0.3 is 15.6 Å². The van der Waals surface area contributed by atoms with Crippen molar-refractivity contribution in [2.45, 2.75) is 19.9 Å². The molecule has 0 aliphatic rings. The van der Waals surface area contributed by atoms with E-state index in [2.05, 4.69) is 15.0 Å². The zero-order valence-electron chi connectivity index (χ0n) is 8.36. The van der Waals surface area contributed by atoms with Crippen molar-refractivity contribution in [1.29, 1.82) is 0 Å². The van der Waals surface area contributed by atoms with Gasteiger partial charge in [-0.1, -0.05) is 19.0 Å². The van der Waals surface area contributed by atoms with Crippen LogP contribution in [0.3, 0.4) is 0 Å². The minimum atomic E-state index is -0.255. The van der Waals surface area contributed by atoms with Crippen molar-refractivity contribution >= 4 is 5.91 Å². The van der Waals surface area contributed by atoms with E-state index in [0.29, 0.717) is 12.5 Å². The van der Waals surface area contributed by atoms with Crippen LogP contribution in [0.1, 0.15) is 24.3 Å². The summed E-state index contributed by atoms with van der Waals surface area (Å²) in [7, 11) is 0. The molecular weight excluding hydrogens is 182 g/mol. The summed E-state index contributed by atoms with van der Waals surface area (Å²) in [5.74, 6) is 0.0856. The fourth-order valence-corrected chi connectivity index (χ4v) is 0.866. The van der Waals surface area contributed by atoms with Gasteiger partial charge in [-0.2, -0.15) is 0 Å². The predicted octanol–water partition coefficient (Wildman–Crippen LogP) is 0.388. The molecule has 0 saturated carbocycles. The van der Waals surface area contributed by atoms with Crippen molar-refractivity contribution in [3.63, 3.8) is 0 Å². The Kier molecular flexibility index (Phi) is 3.64. The monoisotopic (exact) mass is 197 g/mol. The molecule has 0 saturated heterocycles. The van der Waals surface area contributed by atoms with Crippen molar-refractivity contribution in [2.24, 2.45) is 11.7 Å². The number of amides is 1. The van der Waals surface area contributed by atoms with Gasteiger partial charge >= 0.3 is 0 Å². The molecule has 1 heterocycles. The number of nitrogens with two attached hydrogens (primary N) is 1. The van der Waals surface area contributed by atoms with E-state index >= 15 is 0 Å². The van der Waals surface area contributed by atoms with Gasteiger partial charge in [0.1, 0.15) is 6.26 Å². The standard InChI is InChI=1S/C9H15N3O2/c1-6(2)7(10)5-11-9(13)8-3-4-14-12-8/h3-4,6-7H,5,10H2,1-2H3,(H,11,13). The van der Waals surface area contributed by atoms with Crippen LogP contribution in [0.5, 0.6) is 0 Å². The largest absolute Gasteiger partial charge is 0.364 e. The van der Waals surface area contributed by atoms with Crippen molar-refractivity contribution < 1.29 is 9.32 Å². The van der Waals surface area contributed by atoms with E-state index in [4.69, 9.17) is 5.73 Å². The van der Waals surface area contributed by atoms with Gasteiger partial charge in [0.2, 0.25) is 0 Å². The number of carbonyl (C=O) groups excluding carboxylic acids is 1. The highest BCUT2D eigenvalue weighted by Crippen LogP contribution is 1.98. The van der Waals surface area contributed by atoms with Gasteiger partial charge in [-0.25, -0.2) is 0 Å². The van der Waals surface area contributed by atoms with E-state index in [1.165, 1.54) is 12.3 Å². The molecule has 3 N–H and O–H groups in total. The Labute approximate surface area is 82.6 Å². The maximum Gasteiger partial charge on any atom is 0.273 e. The minimum absolute atomic E-state index is 0.0362. The molecule has 1 rings (SSSR count). The molecule has 0 bridgehead atoms. The second-order valence-corrected chi connectivity index (χ2v) is 3.50. The third kappa shape index (κ3) is 2.85. The Balaban J connectivity index is 2.36. The number of aromatic nitrogens is 1. The molecule has 0 aliphatic carbocycles. The zero-order chi connectivity index (χ0) is 10.6. The van der Waals surface area contributed by atoms with Gasteiger partial charge in [-0.15, -0.1) is 0 Å². The van der Waals surface area contributed by atoms with Gasteiger partial charge in [0.15, 0.2) is 5.69 Å². The van der Waals surface area contributed by atoms with Crippen LogP contribution in [0.15, 0.2) is 16.9 Å². The van der Waals surface area contributed by atoms with E-state index in [1.807, 2.05) is 13.8 Å². The summed E-state index contributed by atoms with van der Waals surface area (Å²) in [4.78, 5) is 11.3. The van der Waals surface area contributed by atoms with Crippen LogP contribution >= 0.6 is 0 Å². The van der Waals surface area contributed by atoms with Crippen LogP contribution in [0.25, 0.3) is 0 Å². The first kappa shape index (κ1) is 10.7. The van der Waals surface area contributed by atoms with Crippen LogP contribution < -0.4 is 11.1 Å². The number of rotatable bonds is 4. The molecule has 1 aromatic rings. The normalized spacial score (nSPS) is 12.9. The van der Waals surface area contributed by atoms with E-state index in [9.17, 15) is 4.79 Å². The highest BCUT2D eigenvalue weighted by atomic mass is 16.5. The molecule has 78 valence electrons. The second-order valence-electron chi connectivity index (χ2n) is 3.50. The molecule has 14 heavy (non-hydrogen) atoms. The van der Waals surface area contributed by atoms with E-state index in [-0.39, 0.29) is 17.6 Å².